The van der Waals surface area contributed by atoms with Crippen LogP contribution in [-0.2, 0) is 6.54 Å². The summed E-state index contributed by atoms with van der Waals surface area (Å²) in [7, 11) is 0. The van der Waals surface area contributed by atoms with E-state index >= 15 is 0 Å². The zero-order chi connectivity index (χ0) is 22.1. The van der Waals surface area contributed by atoms with Gasteiger partial charge in [-0.2, -0.15) is 0 Å². The summed E-state index contributed by atoms with van der Waals surface area (Å²) < 4.78 is 0. The maximum atomic E-state index is 13.0. The molecular weight excluding hydrogens is 418 g/mol. The summed E-state index contributed by atoms with van der Waals surface area (Å²) >= 11 is 6.23. The van der Waals surface area contributed by atoms with E-state index < -0.39 is 17.8 Å². The molecule has 0 spiro atoms. The Morgan fingerprint density at radius 1 is 1.13 bits per heavy atom. The van der Waals surface area contributed by atoms with Gasteiger partial charge >= 0.3 is 5.97 Å². The van der Waals surface area contributed by atoms with Crippen LogP contribution in [0.25, 0.3) is 5.70 Å². The predicted molar refractivity (Wildman–Crippen MR) is 116 cm³/mol. The Hall–Kier alpha value is -3.97. The zero-order valence-corrected chi connectivity index (χ0v) is 16.9. The van der Waals surface area contributed by atoms with Crippen molar-refractivity contribution in [1.29, 1.82) is 0 Å². The molecule has 1 aliphatic rings. The second-order valence-electron chi connectivity index (χ2n) is 6.86. The van der Waals surface area contributed by atoms with Gasteiger partial charge in [-0.3, -0.25) is 19.5 Å². The van der Waals surface area contributed by atoms with Crippen LogP contribution >= 0.6 is 11.6 Å². The summed E-state index contributed by atoms with van der Waals surface area (Å²) in [6.45, 7) is 4.24. The number of aromatic nitrogens is 1. The van der Waals surface area contributed by atoms with Gasteiger partial charge in [0.05, 0.1) is 33.1 Å². The third-order valence-corrected chi connectivity index (χ3v) is 5.24. The average molecular weight is 434 g/mol. The molecule has 0 bridgehead atoms. The minimum absolute atomic E-state index is 0.00771. The fourth-order valence-electron chi connectivity index (χ4n) is 3.35. The molecule has 3 aromatic rings. The van der Waals surface area contributed by atoms with Gasteiger partial charge in [-0.15, -0.1) is 0 Å². The van der Waals surface area contributed by atoms with Crippen molar-refractivity contribution in [1.82, 2.24) is 10.3 Å². The lowest BCUT2D eigenvalue weighted by atomic mass is 10.1. The van der Waals surface area contributed by atoms with Crippen molar-refractivity contribution in [2.45, 2.75) is 6.54 Å². The van der Waals surface area contributed by atoms with Crippen LogP contribution in [-0.4, -0.2) is 27.9 Å². The number of nitrogens with zero attached hydrogens (tertiary/aromatic N) is 2. The van der Waals surface area contributed by atoms with Crippen molar-refractivity contribution in [2.24, 2.45) is 0 Å². The second kappa shape index (κ2) is 8.04. The summed E-state index contributed by atoms with van der Waals surface area (Å²) in [5, 5.41) is 12.2. The van der Waals surface area contributed by atoms with Crippen LogP contribution in [0, 0.1) is 0 Å². The second-order valence-corrected chi connectivity index (χ2v) is 7.27. The summed E-state index contributed by atoms with van der Waals surface area (Å²) in [5.41, 5.74) is 2.60. The Morgan fingerprint density at radius 3 is 2.65 bits per heavy atom. The van der Waals surface area contributed by atoms with Gasteiger partial charge in [0.15, 0.2) is 0 Å². The first-order valence-electron chi connectivity index (χ1n) is 9.24. The third kappa shape index (κ3) is 3.78. The number of carboxylic acid groups (broad SMARTS) is 1. The van der Waals surface area contributed by atoms with E-state index in [1.807, 2.05) is 6.07 Å². The van der Waals surface area contributed by atoms with Crippen molar-refractivity contribution in [3.05, 3.63) is 100 Å². The number of anilines is 1. The smallest absolute Gasteiger partial charge is 0.335 e. The third-order valence-electron chi connectivity index (χ3n) is 4.91. The molecule has 2 heterocycles. The van der Waals surface area contributed by atoms with Gasteiger partial charge < -0.3 is 10.4 Å². The van der Waals surface area contributed by atoms with E-state index in [0.717, 1.165) is 5.56 Å². The first kappa shape index (κ1) is 20.3. The van der Waals surface area contributed by atoms with Gasteiger partial charge in [-0.1, -0.05) is 30.3 Å². The number of pyridine rings is 1. The molecule has 0 atom stereocenters. The molecule has 0 fully saturated rings. The highest BCUT2D eigenvalue weighted by Crippen LogP contribution is 2.37. The highest BCUT2D eigenvalue weighted by molar-refractivity contribution is 6.34. The van der Waals surface area contributed by atoms with E-state index in [1.54, 1.807) is 30.6 Å². The normalized spacial score (nSPS) is 12.6. The largest absolute Gasteiger partial charge is 0.478 e. The van der Waals surface area contributed by atoms with E-state index in [4.69, 9.17) is 11.6 Å². The van der Waals surface area contributed by atoms with Crippen LogP contribution < -0.4 is 10.2 Å². The Morgan fingerprint density at radius 2 is 1.94 bits per heavy atom. The molecule has 2 aromatic carbocycles. The lowest BCUT2D eigenvalue weighted by molar-refractivity contribution is 0.0696. The Balaban J connectivity index is 1.62. The van der Waals surface area contributed by atoms with Gasteiger partial charge in [0.2, 0.25) is 0 Å². The zero-order valence-electron chi connectivity index (χ0n) is 16.1. The number of rotatable bonds is 5. The summed E-state index contributed by atoms with van der Waals surface area (Å²) in [5.74, 6) is -1.95. The molecule has 0 unspecified atom stereocenters. The average Bonchev–Trinajstić information content (AvgIpc) is 3.03. The van der Waals surface area contributed by atoms with Crippen molar-refractivity contribution in [2.75, 3.05) is 4.90 Å². The number of halogens is 1. The Bertz CT molecular complexity index is 1240. The highest BCUT2D eigenvalue weighted by atomic mass is 35.5. The maximum absolute atomic E-state index is 13.0. The number of hydrogen-bond donors (Lipinski definition) is 2. The molecule has 2 amide bonds. The van der Waals surface area contributed by atoms with E-state index in [2.05, 4.69) is 16.9 Å². The number of carbonyl (C=O) groups excluding carboxylic acids is 2. The number of fused-ring (bicyclic) bond motifs is 1. The first-order chi connectivity index (χ1) is 14.9. The van der Waals surface area contributed by atoms with Crippen LogP contribution in [0.4, 0.5) is 5.69 Å². The molecular formula is C23H16ClN3O4. The van der Waals surface area contributed by atoms with Crippen molar-refractivity contribution in [3.8, 4) is 0 Å². The molecule has 8 heteroatoms. The van der Waals surface area contributed by atoms with Crippen LogP contribution in [0.1, 0.15) is 42.2 Å². The monoisotopic (exact) mass is 433 g/mol. The minimum atomic E-state index is -1.13. The molecule has 0 saturated heterocycles. The molecule has 0 aliphatic carbocycles. The number of hydrogen-bond acceptors (Lipinski definition) is 4. The summed E-state index contributed by atoms with van der Waals surface area (Å²) in [6, 6.07) is 12.5. The van der Waals surface area contributed by atoms with Crippen LogP contribution in [0.5, 0.6) is 0 Å². The van der Waals surface area contributed by atoms with E-state index in [1.165, 1.54) is 29.2 Å². The molecule has 2 N–H and O–H groups in total. The molecule has 1 aromatic heterocycles. The quantitative estimate of drug-likeness (QED) is 0.633. The first-order valence-corrected chi connectivity index (χ1v) is 9.62. The van der Waals surface area contributed by atoms with Gasteiger partial charge in [0.1, 0.15) is 0 Å². The van der Waals surface area contributed by atoms with Crippen molar-refractivity contribution in [3.63, 3.8) is 0 Å². The Labute approximate surface area is 182 Å². The van der Waals surface area contributed by atoms with Gasteiger partial charge in [-0.25, -0.2) is 4.79 Å². The molecule has 154 valence electrons. The van der Waals surface area contributed by atoms with Crippen LogP contribution in [0.3, 0.4) is 0 Å². The molecule has 0 saturated carbocycles. The Kier molecular flexibility index (Phi) is 5.27. The standard InChI is InChI=1S/C23H16ClN3O4/c1-13-17-6-4-15(23(30)31)9-18(17)22(29)27(13)16-5-7-20(24)19(10-16)21(28)26-12-14-3-2-8-25-11-14/h2-11H,1,12H2,(H,26,28)(H,30,31). The number of carbonyl (C=O) groups is 3. The van der Waals surface area contributed by atoms with Crippen LogP contribution in [0.2, 0.25) is 5.02 Å². The molecule has 31 heavy (non-hydrogen) atoms. The maximum Gasteiger partial charge on any atom is 0.335 e. The topological polar surface area (TPSA) is 99.6 Å². The fraction of sp³-hybridized carbons (Fsp3) is 0.0435. The number of amides is 2. The van der Waals surface area contributed by atoms with Gasteiger partial charge in [0, 0.05) is 24.5 Å². The lowest BCUT2D eigenvalue weighted by Crippen LogP contribution is -2.25. The summed E-state index contributed by atoms with van der Waals surface area (Å²) in [6.07, 6.45) is 3.29. The van der Waals surface area contributed by atoms with E-state index in [0.29, 0.717) is 16.9 Å². The molecule has 1 aliphatic heterocycles. The van der Waals surface area contributed by atoms with Crippen molar-refractivity contribution >= 4 is 40.8 Å². The van der Waals surface area contributed by atoms with Gasteiger partial charge in [-0.05, 0) is 42.0 Å². The summed E-state index contributed by atoms with van der Waals surface area (Å²) in [4.78, 5) is 42.3. The van der Waals surface area contributed by atoms with Gasteiger partial charge in [0.25, 0.3) is 11.8 Å². The SMILES string of the molecule is C=C1c2ccc(C(=O)O)cc2C(=O)N1c1ccc(Cl)c(C(=O)NCc2cccnc2)c1. The highest BCUT2D eigenvalue weighted by Gasteiger charge is 2.33. The van der Waals surface area contributed by atoms with Crippen LogP contribution in [0.15, 0.2) is 67.5 Å². The number of nitrogens with one attached hydrogen (secondary N) is 1. The number of benzene rings is 2. The lowest BCUT2D eigenvalue weighted by Gasteiger charge is -2.19. The molecule has 0 radical (unpaired) electrons. The fourth-order valence-corrected chi connectivity index (χ4v) is 3.55. The minimum Gasteiger partial charge on any atom is -0.478 e. The number of aromatic carboxylic acids is 1. The number of carboxylic acids is 1. The predicted octanol–water partition coefficient (Wildman–Crippen LogP) is 3.99. The molecule has 7 nitrogen and oxygen atoms in total. The van der Waals surface area contributed by atoms with E-state index in [-0.39, 0.29) is 28.3 Å². The van der Waals surface area contributed by atoms with Crippen molar-refractivity contribution < 1.29 is 19.5 Å². The van der Waals surface area contributed by atoms with E-state index in [9.17, 15) is 19.5 Å². The molecule has 4 rings (SSSR count).